The molecular formula is C14H30O2S. The summed E-state index contributed by atoms with van der Waals surface area (Å²) in [5.41, 5.74) is 0. The van der Waals surface area contributed by atoms with E-state index in [0.717, 1.165) is 5.75 Å². The van der Waals surface area contributed by atoms with E-state index < -0.39 is 0 Å². The minimum absolute atomic E-state index is 0.130. The van der Waals surface area contributed by atoms with Crippen LogP contribution in [0.1, 0.15) is 71.1 Å². The highest BCUT2D eigenvalue weighted by Crippen LogP contribution is 2.12. The zero-order chi connectivity index (χ0) is 12.6. The van der Waals surface area contributed by atoms with E-state index in [2.05, 4.69) is 6.92 Å². The first-order chi connectivity index (χ1) is 8.41. The smallest absolute Gasteiger partial charge is 0.0845 e. The molecule has 0 aromatic carbocycles. The summed E-state index contributed by atoms with van der Waals surface area (Å²) in [6.45, 7) is 2.86. The first kappa shape index (κ1) is 17.3. The minimum Gasteiger partial charge on any atom is -0.394 e. The van der Waals surface area contributed by atoms with Crippen LogP contribution in [0.2, 0.25) is 0 Å². The second-order valence-corrected chi connectivity index (χ2v) is 5.43. The van der Waals surface area contributed by atoms with Crippen LogP contribution in [-0.4, -0.2) is 24.1 Å². The number of aliphatic hydroxyl groups excluding tert-OH is 1. The molecule has 3 heteroatoms. The number of hydrogen-bond acceptors (Lipinski definition) is 3. The Hall–Kier alpha value is 0.270. The second kappa shape index (κ2) is 16.3. The van der Waals surface area contributed by atoms with Crippen LogP contribution in [0.4, 0.5) is 0 Å². The maximum atomic E-state index is 8.51. The third-order valence-corrected chi connectivity index (χ3v) is 3.63. The normalized spacial score (nSPS) is 10.9. The molecule has 0 aliphatic carbocycles. The predicted molar refractivity (Wildman–Crippen MR) is 77.3 cm³/mol. The molecule has 0 heterocycles. The van der Waals surface area contributed by atoms with Gasteiger partial charge in [0.25, 0.3) is 0 Å². The maximum Gasteiger partial charge on any atom is 0.0845 e. The first-order valence-electron chi connectivity index (χ1n) is 7.27. The van der Waals surface area contributed by atoms with Crippen LogP contribution in [0, 0.1) is 0 Å². The molecule has 104 valence electrons. The van der Waals surface area contributed by atoms with Crippen molar-refractivity contribution in [3.05, 3.63) is 0 Å². The first-order valence-corrected chi connectivity index (χ1v) is 8.18. The summed E-state index contributed by atoms with van der Waals surface area (Å²) in [7, 11) is 0. The van der Waals surface area contributed by atoms with E-state index in [4.69, 9.17) is 9.29 Å². The van der Waals surface area contributed by atoms with Gasteiger partial charge in [0.05, 0.1) is 13.2 Å². The standard InChI is InChI=1S/C14H30O2S/c1-2-3-4-5-6-7-8-9-10-11-14-17-16-13-12-15/h15H,2-14H2,1H3. The van der Waals surface area contributed by atoms with E-state index in [-0.39, 0.29) is 6.61 Å². The molecule has 0 spiro atoms. The summed E-state index contributed by atoms with van der Waals surface area (Å²) in [5.74, 6) is 1.07. The van der Waals surface area contributed by atoms with Crippen LogP contribution in [0.3, 0.4) is 0 Å². The van der Waals surface area contributed by atoms with Gasteiger partial charge in [-0.2, -0.15) is 0 Å². The topological polar surface area (TPSA) is 29.5 Å². The zero-order valence-corrected chi connectivity index (χ0v) is 12.3. The molecule has 0 fully saturated rings. The van der Waals surface area contributed by atoms with Crippen molar-refractivity contribution in [3.8, 4) is 0 Å². The highest BCUT2D eigenvalue weighted by molar-refractivity contribution is 7.94. The Morgan fingerprint density at radius 2 is 1.35 bits per heavy atom. The fraction of sp³-hybridized carbons (Fsp3) is 1.00. The van der Waals surface area contributed by atoms with E-state index in [1.807, 2.05) is 0 Å². The molecule has 0 aliphatic heterocycles. The molecule has 1 N–H and O–H groups in total. The van der Waals surface area contributed by atoms with Crippen molar-refractivity contribution >= 4 is 12.0 Å². The summed E-state index contributed by atoms with van der Waals surface area (Å²) in [6, 6.07) is 0. The summed E-state index contributed by atoms with van der Waals surface area (Å²) >= 11 is 1.50. The average molecular weight is 262 g/mol. The Balaban J connectivity index is 2.85. The average Bonchev–Trinajstić information content (AvgIpc) is 2.35. The van der Waals surface area contributed by atoms with Crippen molar-refractivity contribution in [1.82, 2.24) is 0 Å². The summed E-state index contributed by atoms with van der Waals surface area (Å²) in [6.07, 6.45) is 13.8. The lowest BCUT2D eigenvalue weighted by molar-refractivity contribution is 0.221. The molecule has 0 radical (unpaired) electrons. The lowest BCUT2D eigenvalue weighted by Gasteiger charge is -2.02. The lowest BCUT2D eigenvalue weighted by Crippen LogP contribution is -1.93. The lowest BCUT2D eigenvalue weighted by atomic mass is 10.1. The van der Waals surface area contributed by atoms with Gasteiger partial charge in [-0.15, -0.1) is 0 Å². The highest BCUT2D eigenvalue weighted by Gasteiger charge is 1.93. The summed E-state index contributed by atoms with van der Waals surface area (Å²) in [5, 5.41) is 8.51. The van der Waals surface area contributed by atoms with Gasteiger partial charge in [0.2, 0.25) is 0 Å². The fourth-order valence-corrected chi connectivity index (χ4v) is 2.44. The molecule has 0 rings (SSSR count). The Morgan fingerprint density at radius 1 is 0.824 bits per heavy atom. The molecule has 0 bridgehead atoms. The summed E-state index contributed by atoms with van der Waals surface area (Å²) in [4.78, 5) is 0. The van der Waals surface area contributed by atoms with E-state index in [1.165, 1.54) is 76.3 Å². The fourth-order valence-electron chi connectivity index (χ4n) is 1.80. The van der Waals surface area contributed by atoms with Gasteiger partial charge < -0.3 is 9.29 Å². The van der Waals surface area contributed by atoms with Gasteiger partial charge in [-0.05, 0) is 18.5 Å². The van der Waals surface area contributed by atoms with Crippen LogP contribution < -0.4 is 0 Å². The number of rotatable bonds is 14. The van der Waals surface area contributed by atoms with Gasteiger partial charge in [0, 0.05) is 5.75 Å². The Morgan fingerprint density at radius 3 is 1.88 bits per heavy atom. The molecule has 0 atom stereocenters. The van der Waals surface area contributed by atoms with Crippen molar-refractivity contribution in [2.75, 3.05) is 19.0 Å². The highest BCUT2D eigenvalue weighted by atomic mass is 32.2. The maximum absolute atomic E-state index is 8.51. The van der Waals surface area contributed by atoms with Crippen LogP contribution in [0.15, 0.2) is 0 Å². The van der Waals surface area contributed by atoms with Crippen LogP contribution in [0.25, 0.3) is 0 Å². The van der Waals surface area contributed by atoms with Crippen LogP contribution >= 0.6 is 12.0 Å². The largest absolute Gasteiger partial charge is 0.394 e. The van der Waals surface area contributed by atoms with Gasteiger partial charge in [0.15, 0.2) is 0 Å². The quantitative estimate of drug-likeness (QED) is 0.367. The van der Waals surface area contributed by atoms with Gasteiger partial charge in [-0.3, -0.25) is 0 Å². The van der Waals surface area contributed by atoms with Crippen molar-refractivity contribution in [2.24, 2.45) is 0 Å². The molecule has 0 aromatic heterocycles. The van der Waals surface area contributed by atoms with Crippen LogP contribution in [0.5, 0.6) is 0 Å². The predicted octanol–water partition coefficient (Wildman–Crippen LogP) is 4.56. The Kier molecular flexibility index (Phi) is 16.5. The van der Waals surface area contributed by atoms with E-state index in [0.29, 0.717) is 6.61 Å². The summed E-state index contributed by atoms with van der Waals surface area (Å²) < 4.78 is 5.13. The Bertz CT molecular complexity index is 117. The van der Waals surface area contributed by atoms with E-state index >= 15 is 0 Å². The minimum atomic E-state index is 0.130. The van der Waals surface area contributed by atoms with Crippen molar-refractivity contribution in [3.63, 3.8) is 0 Å². The molecule has 0 unspecified atom stereocenters. The number of aliphatic hydroxyl groups is 1. The number of hydrogen-bond donors (Lipinski definition) is 1. The molecule has 0 saturated carbocycles. The second-order valence-electron chi connectivity index (χ2n) is 4.55. The van der Waals surface area contributed by atoms with Gasteiger partial charge in [0.1, 0.15) is 0 Å². The van der Waals surface area contributed by atoms with E-state index in [9.17, 15) is 0 Å². The third kappa shape index (κ3) is 16.3. The molecule has 2 nitrogen and oxygen atoms in total. The SMILES string of the molecule is CCCCCCCCCCCCSOCCO. The molecule has 17 heavy (non-hydrogen) atoms. The van der Waals surface area contributed by atoms with Crippen molar-refractivity contribution in [1.29, 1.82) is 0 Å². The Labute approximate surface area is 112 Å². The van der Waals surface area contributed by atoms with Crippen LogP contribution in [-0.2, 0) is 4.18 Å². The third-order valence-electron chi connectivity index (χ3n) is 2.84. The van der Waals surface area contributed by atoms with Crippen molar-refractivity contribution < 1.29 is 9.29 Å². The van der Waals surface area contributed by atoms with Gasteiger partial charge in [-0.1, -0.05) is 64.7 Å². The molecule has 0 saturated heterocycles. The number of unbranched alkanes of at least 4 members (excludes halogenated alkanes) is 9. The molecule has 0 amide bonds. The van der Waals surface area contributed by atoms with E-state index in [1.54, 1.807) is 0 Å². The molecular weight excluding hydrogens is 232 g/mol. The zero-order valence-electron chi connectivity index (χ0n) is 11.5. The van der Waals surface area contributed by atoms with Gasteiger partial charge in [-0.25, -0.2) is 0 Å². The van der Waals surface area contributed by atoms with Gasteiger partial charge >= 0.3 is 0 Å². The monoisotopic (exact) mass is 262 g/mol. The molecule has 0 aromatic rings. The molecule has 0 aliphatic rings. The van der Waals surface area contributed by atoms with Crippen molar-refractivity contribution in [2.45, 2.75) is 71.1 Å².